The van der Waals surface area contributed by atoms with Gasteiger partial charge in [-0.1, -0.05) is 23.2 Å². The average Bonchev–Trinajstić information content (AvgIpc) is 3.24. The van der Waals surface area contributed by atoms with E-state index < -0.39 is 5.79 Å². The van der Waals surface area contributed by atoms with E-state index in [4.69, 9.17) is 42.4 Å². The van der Waals surface area contributed by atoms with Gasteiger partial charge in [-0.15, -0.1) is 0 Å². The van der Waals surface area contributed by atoms with Crippen molar-refractivity contribution >= 4 is 56.4 Å². The number of benzene rings is 1. The van der Waals surface area contributed by atoms with Crippen molar-refractivity contribution in [1.82, 2.24) is 15.0 Å². The smallest absolute Gasteiger partial charge is 0.222 e. The standard InChI is InChI=1S/C23H20Cl2N4O3/c1-3-30-22-19-14(4-7-27-22)21(28-18-5-6-26-12-15(18)19)29-20-16(24)10-13(11-17(20)25)23(2)31-8-9-32-23/h4-7,10-12H,3,8-9H2,1-2H3,(H,28,29). The molecule has 0 saturated carbocycles. The number of aromatic nitrogens is 3. The first-order chi connectivity index (χ1) is 15.5. The molecule has 0 unspecified atom stereocenters. The van der Waals surface area contributed by atoms with E-state index in [9.17, 15) is 0 Å². The molecule has 3 aromatic heterocycles. The van der Waals surface area contributed by atoms with Crippen LogP contribution in [-0.2, 0) is 15.3 Å². The normalized spacial score (nSPS) is 15.4. The van der Waals surface area contributed by atoms with Crippen LogP contribution in [0.25, 0.3) is 21.7 Å². The molecular weight excluding hydrogens is 451 g/mol. The summed E-state index contributed by atoms with van der Waals surface area (Å²) >= 11 is 13.3. The van der Waals surface area contributed by atoms with Crippen LogP contribution in [0.4, 0.5) is 11.5 Å². The topological polar surface area (TPSA) is 78.4 Å². The molecule has 4 heterocycles. The van der Waals surface area contributed by atoms with Gasteiger partial charge in [-0.2, -0.15) is 0 Å². The molecule has 0 atom stereocenters. The van der Waals surface area contributed by atoms with Crippen molar-refractivity contribution in [2.24, 2.45) is 0 Å². The fourth-order valence-corrected chi connectivity index (χ4v) is 4.44. The molecule has 9 heteroatoms. The van der Waals surface area contributed by atoms with Gasteiger partial charge in [0.2, 0.25) is 5.88 Å². The fraction of sp³-hybridized carbons (Fsp3) is 0.261. The zero-order chi connectivity index (χ0) is 22.3. The Morgan fingerprint density at radius 3 is 2.56 bits per heavy atom. The number of rotatable bonds is 5. The zero-order valence-electron chi connectivity index (χ0n) is 17.5. The van der Waals surface area contributed by atoms with Gasteiger partial charge in [-0.05, 0) is 38.1 Å². The predicted octanol–water partition coefficient (Wildman–Crippen LogP) is 5.85. The van der Waals surface area contributed by atoms with Crippen LogP contribution >= 0.6 is 23.2 Å². The first-order valence-electron chi connectivity index (χ1n) is 10.2. The monoisotopic (exact) mass is 470 g/mol. The highest BCUT2D eigenvalue weighted by Crippen LogP contribution is 2.42. The first kappa shape index (κ1) is 21.2. The maximum Gasteiger partial charge on any atom is 0.222 e. The molecule has 4 aromatic rings. The van der Waals surface area contributed by atoms with Crippen molar-refractivity contribution in [1.29, 1.82) is 0 Å². The summed E-state index contributed by atoms with van der Waals surface area (Å²) in [4.78, 5) is 13.5. The fourth-order valence-electron chi connectivity index (χ4n) is 3.85. The molecular formula is C23H20Cl2N4O3. The van der Waals surface area contributed by atoms with Crippen molar-refractivity contribution < 1.29 is 14.2 Å². The predicted molar refractivity (Wildman–Crippen MR) is 125 cm³/mol. The number of anilines is 2. The summed E-state index contributed by atoms with van der Waals surface area (Å²) in [5, 5.41) is 6.65. The molecule has 1 aromatic carbocycles. The van der Waals surface area contributed by atoms with Gasteiger partial charge in [0.05, 0.1) is 46.5 Å². The number of pyridine rings is 3. The summed E-state index contributed by atoms with van der Waals surface area (Å²) in [7, 11) is 0. The second kappa shape index (κ2) is 8.33. The summed E-state index contributed by atoms with van der Waals surface area (Å²) in [5.74, 6) is 0.229. The lowest BCUT2D eigenvalue weighted by molar-refractivity contribution is -0.149. The van der Waals surface area contributed by atoms with Crippen molar-refractivity contribution in [3.05, 3.63) is 58.5 Å². The molecule has 0 bridgehead atoms. The number of ether oxygens (including phenoxy) is 3. The Kier molecular flexibility index (Phi) is 5.51. The van der Waals surface area contributed by atoms with E-state index in [1.165, 1.54) is 0 Å². The second-order valence-electron chi connectivity index (χ2n) is 7.41. The van der Waals surface area contributed by atoms with Crippen molar-refractivity contribution in [2.75, 3.05) is 25.1 Å². The highest BCUT2D eigenvalue weighted by atomic mass is 35.5. The lowest BCUT2D eigenvalue weighted by Crippen LogP contribution is -2.22. The van der Waals surface area contributed by atoms with Crippen LogP contribution < -0.4 is 10.1 Å². The van der Waals surface area contributed by atoms with Gasteiger partial charge in [-0.25, -0.2) is 9.97 Å². The Morgan fingerprint density at radius 1 is 1.09 bits per heavy atom. The van der Waals surface area contributed by atoms with Gasteiger partial charge in [0.1, 0.15) is 5.82 Å². The van der Waals surface area contributed by atoms with Crippen molar-refractivity contribution in [3.8, 4) is 5.88 Å². The summed E-state index contributed by atoms with van der Waals surface area (Å²) in [6, 6.07) is 7.30. The minimum atomic E-state index is -0.870. The van der Waals surface area contributed by atoms with Gasteiger partial charge in [-0.3, -0.25) is 4.98 Å². The third-order valence-electron chi connectivity index (χ3n) is 5.40. The molecule has 0 aliphatic carbocycles. The van der Waals surface area contributed by atoms with Crippen molar-refractivity contribution in [2.45, 2.75) is 19.6 Å². The number of nitrogens with one attached hydrogen (secondary N) is 1. The van der Waals surface area contributed by atoms with E-state index in [2.05, 4.69) is 15.3 Å². The molecule has 1 aliphatic rings. The molecule has 0 radical (unpaired) electrons. The highest BCUT2D eigenvalue weighted by Gasteiger charge is 2.34. The van der Waals surface area contributed by atoms with E-state index in [0.29, 0.717) is 47.3 Å². The maximum absolute atomic E-state index is 6.64. The maximum atomic E-state index is 6.64. The summed E-state index contributed by atoms with van der Waals surface area (Å²) in [6.45, 7) is 5.29. The Labute approximate surface area is 194 Å². The van der Waals surface area contributed by atoms with Crippen LogP contribution in [0.3, 0.4) is 0 Å². The Balaban J connectivity index is 1.65. The largest absolute Gasteiger partial charge is 0.478 e. The van der Waals surface area contributed by atoms with Gasteiger partial charge in [0.15, 0.2) is 5.79 Å². The minimum Gasteiger partial charge on any atom is -0.478 e. The van der Waals surface area contributed by atoms with Gasteiger partial charge < -0.3 is 19.5 Å². The molecule has 164 valence electrons. The Hall–Kier alpha value is -2.71. The van der Waals surface area contributed by atoms with Crippen LogP contribution in [0.1, 0.15) is 19.4 Å². The van der Waals surface area contributed by atoms with Crippen LogP contribution in [0, 0.1) is 0 Å². The molecule has 1 fully saturated rings. The van der Waals surface area contributed by atoms with Crippen LogP contribution in [-0.4, -0.2) is 34.8 Å². The Bertz CT molecular complexity index is 1300. The summed E-state index contributed by atoms with van der Waals surface area (Å²) in [5.41, 5.74) is 2.03. The third kappa shape index (κ3) is 3.61. The molecule has 7 nitrogen and oxygen atoms in total. The molecule has 1 N–H and O–H groups in total. The number of hydrogen-bond donors (Lipinski definition) is 1. The van der Waals surface area contributed by atoms with Crippen LogP contribution in [0.2, 0.25) is 10.0 Å². The average molecular weight is 471 g/mol. The van der Waals surface area contributed by atoms with E-state index in [1.807, 2.05) is 26.0 Å². The number of hydrogen-bond acceptors (Lipinski definition) is 7. The SMILES string of the molecule is CCOc1nccc2c(Nc3c(Cl)cc(C4(C)OCCO4)cc3Cl)nc3ccncc3c12. The lowest BCUT2D eigenvalue weighted by atomic mass is 10.1. The molecule has 32 heavy (non-hydrogen) atoms. The van der Waals surface area contributed by atoms with Gasteiger partial charge >= 0.3 is 0 Å². The van der Waals surface area contributed by atoms with E-state index in [-0.39, 0.29) is 0 Å². The molecule has 1 saturated heterocycles. The second-order valence-corrected chi connectivity index (χ2v) is 8.22. The molecule has 1 aliphatic heterocycles. The van der Waals surface area contributed by atoms with Crippen LogP contribution in [0.5, 0.6) is 5.88 Å². The zero-order valence-corrected chi connectivity index (χ0v) is 19.0. The molecule has 0 amide bonds. The lowest BCUT2D eigenvalue weighted by Gasteiger charge is -2.24. The van der Waals surface area contributed by atoms with E-state index in [0.717, 1.165) is 27.2 Å². The van der Waals surface area contributed by atoms with Gasteiger partial charge in [0, 0.05) is 34.9 Å². The first-order valence-corrected chi connectivity index (χ1v) is 11.0. The number of fused-ring (bicyclic) bond motifs is 3. The molecule has 0 spiro atoms. The highest BCUT2D eigenvalue weighted by molar-refractivity contribution is 6.39. The summed E-state index contributed by atoms with van der Waals surface area (Å²) in [6.07, 6.45) is 5.14. The van der Waals surface area contributed by atoms with Crippen molar-refractivity contribution in [3.63, 3.8) is 0 Å². The van der Waals surface area contributed by atoms with E-state index in [1.54, 1.807) is 30.7 Å². The molecule has 5 rings (SSSR count). The van der Waals surface area contributed by atoms with E-state index >= 15 is 0 Å². The van der Waals surface area contributed by atoms with Crippen LogP contribution in [0.15, 0.2) is 42.9 Å². The number of halogens is 2. The summed E-state index contributed by atoms with van der Waals surface area (Å²) < 4.78 is 17.3. The third-order valence-corrected chi connectivity index (χ3v) is 6.00. The Morgan fingerprint density at radius 2 is 1.84 bits per heavy atom. The minimum absolute atomic E-state index is 0.427. The number of nitrogens with zero attached hydrogens (tertiary/aromatic N) is 3. The quantitative estimate of drug-likeness (QED) is 0.366. The van der Waals surface area contributed by atoms with Gasteiger partial charge in [0.25, 0.3) is 0 Å².